The Morgan fingerprint density at radius 2 is 1.64 bits per heavy atom. The number of fused-ring (bicyclic) bond motifs is 2. The van der Waals surface area contributed by atoms with Gasteiger partial charge in [0.25, 0.3) is 0 Å². The maximum absolute atomic E-state index is 12.6. The molecule has 0 aliphatic heterocycles. The van der Waals surface area contributed by atoms with Gasteiger partial charge in [-0.2, -0.15) is 0 Å². The van der Waals surface area contributed by atoms with Crippen molar-refractivity contribution in [2.24, 2.45) is 0 Å². The van der Waals surface area contributed by atoms with E-state index in [0.29, 0.717) is 17.4 Å². The zero-order valence-electron chi connectivity index (χ0n) is 14.8. The number of rotatable bonds is 2. The molecule has 0 spiro atoms. The molecule has 4 nitrogen and oxygen atoms in total. The lowest BCUT2D eigenvalue weighted by atomic mass is 9.90. The van der Waals surface area contributed by atoms with Gasteiger partial charge in [-0.1, -0.05) is 42.5 Å². The smallest absolute Gasteiger partial charge is 0.237 e. The van der Waals surface area contributed by atoms with Crippen LogP contribution in [0, 0.1) is 0 Å². The van der Waals surface area contributed by atoms with Gasteiger partial charge < -0.3 is 4.42 Å². The van der Waals surface area contributed by atoms with Gasteiger partial charge in [-0.15, -0.1) is 11.3 Å². The third kappa shape index (κ3) is 2.93. The van der Waals surface area contributed by atoms with E-state index in [0.717, 1.165) is 9.71 Å². The van der Waals surface area contributed by atoms with Gasteiger partial charge in [-0.05, 0) is 31.1 Å². The van der Waals surface area contributed by atoms with Gasteiger partial charge in [-0.3, -0.25) is 9.59 Å². The molecule has 2 aliphatic rings. The second-order valence-electron chi connectivity index (χ2n) is 7.23. The number of Topliss-reactive ketones (excluding diaryl/α,β-unsaturated/α-hetero) is 2. The lowest BCUT2D eigenvalue weighted by molar-refractivity contribution is 0.0990. The van der Waals surface area contributed by atoms with E-state index >= 15 is 0 Å². The van der Waals surface area contributed by atoms with E-state index < -0.39 is 0 Å². The zero-order chi connectivity index (χ0) is 19.4. The van der Waals surface area contributed by atoms with Crippen molar-refractivity contribution in [3.05, 3.63) is 55.7 Å². The summed E-state index contributed by atoms with van der Waals surface area (Å²) in [7, 11) is 0. The molecule has 2 aromatic heterocycles. The van der Waals surface area contributed by atoms with Gasteiger partial charge in [-0.25, -0.2) is 4.98 Å². The molecule has 142 valence electrons. The van der Waals surface area contributed by atoms with Crippen molar-refractivity contribution in [2.75, 3.05) is 0 Å². The summed E-state index contributed by atoms with van der Waals surface area (Å²) in [6.07, 6.45) is 7.65. The zero-order valence-corrected chi connectivity index (χ0v) is 17.1. The number of furan rings is 1. The molecule has 0 radical (unpaired) electrons. The Labute approximate surface area is 175 Å². The minimum atomic E-state index is -0.367. The van der Waals surface area contributed by atoms with E-state index in [4.69, 9.17) is 27.6 Å². The van der Waals surface area contributed by atoms with Gasteiger partial charge in [0.2, 0.25) is 5.71 Å². The monoisotopic (exact) mass is 431 g/mol. The van der Waals surface area contributed by atoms with Crippen LogP contribution in [0.3, 0.4) is 0 Å². The Morgan fingerprint density at radius 3 is 2.25 bits per heavy atom. The van der Waals surface area contributed by atoms with Gasteiger partial charge in [0.15, 0.2) is 11.6 Å². The van der Waals surface area contributed by atoms with E-state index in [9.17, 15) is 9.59 Å². The molecule has 1 saturated carbocycles. The van der Waals surface area contributed by atoms with Crippen molar-refractivity contribution >= 4 is 62.6 Å². The number of carbonyl (C=O) groups is 2. The number of hydrogen-bond acceptors (Lipinski definition) is 5. The van der Waals surface area contributed by atoms with Gasteiger partial charge in [0, 0.05) is 23.1 Å². The first kappa shape index (κ1) is 18.1. The molecule has 0 atom stereocenters. The summed E-state index contributed by atoms with van der Waals surface area (Å²) >= 11 is 13.6. The number of halogens is 2. The fourth-order valence-corrected chi connectivity index (χ4v) is 5.39. The lowest BCUT2D eigenvalue weighted by Gasteiger charge is -2.18. The van der Waals surface area contributed by atoms with Gasteiger partial charge in [0.1, 0.15) is 10.8 Å². The van der Waals surface area contributed by atoms with Crippen molar-refractivity contribution in [1.29, 1.82) is 0 Å². The first-order chi connectivity index (χ1) is 13.5. The average molecular weight is 432 g/mol. The van der Waals surface area contributed by atoms with Crippen LogP contribution in [0.1, 0.15) is 69.5 Å². The molecule has 1 aromatic carbocycles. The van der Waals surface area contributed by atoms with Crippen LogP contribution in [0.15, 0.2) is 28.2 Å². The van der Waals surface area contributed by atoms with Crippen LogP contribution in [0.5, 0.6) is 0 Å². The Bertz CT molecular complexity index is 1090. The fourth-order valence-electron chi connectivity index (χ4n) is 3.95. The third-order valence-corrected chi connectivity index (χ3v) is 7.27. The summed E-state index contributed by atoms with van der Waals surface area (Å²) in [6, 6.07) is 4.73. The molecular weight excluding hydrogens is 417 g/mol. The normalized spacial score (nSPS) is 17.6. The molecule has 3 aromatic rings. The number of aromatic nitrogens is 1. The molecule has 0 amide bonds. The quantitative estimate of drug-likeness (QED) is 0.334. The van der Waals surface area contributed by atoms with Crippen LogP contribution in [-0.2, 0) is 0 Å². The predicted molar refractivity (Wildman–Crippen MR) is 111 cm³/mol. The molecule has 0 bridgehead atoms. The van der Waals surface area contributed by atoms with E-state index in [2.05, 4.69) is 4.98 Å². The lowest BCUT2D eigenvalue weighted by Crippen LogP contribution is -2.03. The van der Waals surface area contributed by atoms with Crippen molar-refractivity contribution in [2.45, 2.75) is 38.0 Å². The Morgan fingerprint density at radius 1 is 1.00 bits per heavy atom. The maximum atomic E-state index is 12.6. The largest absolute Gasteiger partial charge is 0.437 e. The van der Waals surface area contributed by atoms with Gasteiger partial charge >= 0.3 is 0 Å². The van der Waals surface area contributed by atoms with Crippen molar-refractivity contribution in [3.8, 4) is 0 Å². The molecule has 28 heavy (non-hydrogen) atoms. The summed E-state index contributed by atoms with van der Waals surface area (Å²) in [5.41, 5.74) is 1.18. The number of thiazole rings is 1. The number of allylic oxidation sites excluding steroid dienone is 1. The standard InChI is InChI=1S/C21H15Cl2NO3S/c22-15-8-12-13(9-16(15)23)19(26)14(18(12)25)6-11-7-17-20(27-11)24-21(28-17)10-4-2-1-3-5-10/h6-10H,1-5H2. The Hall–Kier alpha value is -1.95. The second kappa shape index (κ2) is 6.83. The number of carbonyl (C=O) groups excluding carboxylic acids is 2. The van der Waals surface area contributed by atoms with Crippen molar-refractivity contribution in [1.82, 2.24) is 4.98 Å². The minimum Gasteiger partial charge on any atom is -0.437 e. The van der Waals surface area contributed by atoms with E-state index in [-0.39, 0.29) is 38.3 Å². The molecule has 2 heterocycles. The molecule has 5 rings (SSSR count). The van der Waals surface area contributed by atoms with E-state index in [1.807, 2.05) is 6.07 Å². The topological polar surface area (TPSA) is 60.2 Å². The summed E-state index contributed by atoms with van der Waals surface area (Å²) in [6.45, 7) is 0. The molecule has 0 saturated heterocycles. The van der Waals surface area contributed by atoms with Crippen molar-refractivity contribution < 1.29 is 14.0 Å². The van der Waals surface area contributed by atoms with Crippen LogP contribution in [0.25, 0.3) is 16.5 Å². The summed E-state index contributed by atoms with van der Waals surface area (Å²) in [5, 5.41) is 1.62. The molecule has 7 heteroatoms. The summed E-state index contributed by atoms with van der Waals surface area (Å²) in [5.74, 6) is 0.235. The second-order valence-corrected chi connectivity index (χ2v) is 9.11. The summed E-state index contributed by atoms with van der Waals surface area (Å²) in [4.78, 5) is 29.9. The minimum absolute atomic E-state index is 0.0576. The van der Waals surface area contributed by atoms with Gasteiger partial charge in [0.05, 0.1) is 20.3 Å². The maximum Gasteiger partial charge on any atom is 0.237 e. The van der Waals surface area contributed by atoms with Crippen LogP contribution < -0.4 is 0 Å². The Kier molecular flexibility index (Phi) is 4.42. The highest BCUT2D eigenvalue weighted by Crippen LogP contribution is 2.39. The first-order valence-electron chi connectivity index (χ1n) is 9.21. The number of benzene rings is 1. The van der Waals surface area contributed by atoms with Crippen LogP contribution in [0.4, 0.5) is 0 Å². The number of nitrogens with zero attached hydrogens (tertiary/aromatic N) is 1. The van der Waals surface area contributed by atoms with E-state index in [1.54, 1.807) is 11.3 Å². The van der Waals surface area contributed by atoms with Crippen LogP contribution in [0.2, 0.25) is 10.0 Å². The predicted octanol–water partition coefficient (Wildman–Crippen LogP) is 6.71. The molecular formula is C21H15Cl2NO3S. The number of ketones is 2. The first-order valence-corrected chi connectivity index (χ1v) is 10.8. The highest BCUT2D eigenvalue weighted by Gasteiger charge is 2.34. The highest BCUT2D eigenvalue weighted by atomic mass is 35.5. The average Bonchev–Trinajstić information content (AvgIpc) is 3.31. The molecule has 0 N–H and O–H groups in total. The van der Waals surface area contributed by atoms with Crippen LogP contribution >= 0.6 is 34.5 Å². The SMILES string of the molecule is O=C1C(=Cc2cc3sc(C4CCCCC4)nc3o2)C(=O)c2cc(Cl)c(Cl)cc21. The molecule has 0 unspecified atom stereocenters. The van der Waals surface area contributed by atoms with Crippen LogP contribution in [-0.4, -0.2) is 16.6 Å². The third-order valence-electron chi connectivity index (χ3n) is 5.40. The highest BCUT2D eigenvalue weighted by molar-refractivity contribution is 7.18. The molecule has 1 fully saturated rings. The Balaban J connectivity index is 1.47. The van der Waals surface area contributed by atoms with E-state index in [1.165, 1.54) is 50.3 Å². The van der Waals surface area contributed by atoms with Crippen molar-refractivity contribution in [3.63, 3.8) is 0 Å². The molecule has 2 aliphatic carbocycles. The fraction of sp³-hybridized carbons (Fsp3) is 0.286. The summed E-state index contributed by atoms with van der Waals surface area (Å²) < 4.78 is 6.75. The number of hydrogen-bond donors (Lipinski definition) is 0.